The summed E-state index contributed by atoms with van der Waals surface area (Å²) in [7, 11) is 0. The monoisotopic (exact) mass is 396 g/mol. The quantitative estimate of drug-likeness (QED) is 0.592. The fourth-order valence-electron chi connectivity index (χ4n) is 2.61. The number of rotatable bonds is 7. The van der Waals surface area contributed by atoms with Crippen molar-refractivity contribution in [3.05, 3.63) is 76.6 Å². The molecule has 1 aromatic carbocycles. The van der Waals surface area contributed by atoms with E-state index in [9.17, 15) is 14.4 Å². The Labute approximate surface area is 166 Å². The first kappa shape index (κ1) is 19.4. The minimum atomic E-state index is -0.460. The van der Waals surface area contributed by atoms with Crippen molar-refractivity contribution in [3.8, 4) is 0 Å². The largest absolute Gasteiger partial charge is 0.340 e. The molecular weight excluding hydrogens is 380 g/mol. The predicted molar refractivity (Wildman–Crippen MR) is 105 cm³/mol. The van der Waals surface area contributed by atoms with Crippen LogP contribution in [0.4, 0.5) is 5.69 Å². The standard InChI is InChI=1S/C20H17ClN4O3/c1-2-15(26)18-19(24-11-23-18)20(28)25-13-7-5-12(6-8-13)10-16(27)17-14(21)4-3-9-22-17/h3-9,11H,2,10H2,1H3,(H,23,24)(H,25,28). The second-order valence-corrected chi connectivity index (χ2v) is 6.39. The highest BCUT2D eigenvalue weighted by Gasteiger charge is 2.19. The van der Waals surface area contributed by atoms with Crippen LogP contribution in [-0.4, -0.2) is 32.4 Å². The summed E-state index contributed by atoms with van der Waals surface area (Å²) in [5.74, 6) is -0.866. The summed E-state index contributed by atoms with van der Waals surface area (Å²) in [5, 5.41) is 3.02. The maximum absolute atomic E-state index is 12.4. The number of aromatic nitrogens is 3. The van der Waals surface area contributed by atoms with Crippen molar-refractivity contribution in [3.63, 3.8) is 0 Å². The lowest BCUT2D eigenvalue weighted by Crippen LogP contribution is -2.16. The van der Waals surface area contributed by atoms with Gasteiger partial charge in [0.25, 0.3) is 5.91 Å². The third-order valence-electron chi connectivity index (χ3n) is 4.05. The molecule has 142 valence electrons. The van der Waals surface area contributed by atoms with Crippen molar-refractivity contribution in [2.75, 3.05) is 5.32 Å². The number of amides is 1. The van der Waals surface area contributed by atoms with Crippen LogP contribution >= 0.6 is 11.6 Å². The maximum Gasteiger partial charge on any atom is 0.274 e. The number of H-pyrrole nitrogens is 1. The van der Waals surface area contributed by atoms with E-state index in [0.29, 0.717) is 10.7 Å². The molecule has 28 heavy (non-hydrogen) atoms. The van der Waals surface area contributed by atoms with Gasteiger partial charge >= 0.3 is 0 Å². The predicted octanol–water partition coefficient (Wildman–Crippen LogP) is 3.73. The van der Waals surface area contributed by atoms with Gasteiger partial charge < -0.3 is 10.3 Å². The number of carbonyl (C=O) groups excluding carboxylic acids is 3. The van der Waals surface area contributed by atoms with Crippen LogP contribution in [0.3, 0.4) is 0 Å². The lowest BCUT2D eigenvalue weighted by atomic mass is 10.1. The number of nitrogens with one attached hydrogen (secondary N) is 2. The van der Waals surface area contributed by atoms with Crippen LogP contribution in [0.2, 0.25) is 5.02 Å². The minimum Gasteiger partial charge on any atom is -0.340 e. The number of anilines is 1. The van der Waals surface area contributed by atoms with Crippen LogP contribution in [0, 0.1) is 0 Å². The fourth-order valence-corrected chi connectivity index (χ4v) is 2.83. The van der Waals surface area contributed by atoms with Gasteiger partial charge in [-0.2, -0.15) is 0 Å². The van der Waals surface area contributed by atoms with E-state index in [0.717, 1.165) is 5.56 Å². The number of imidazole rings is 1. The number of benzene rings is 1. The fraction of sp³-hybridized carbons (Fsp3) is 0.150. The summed E-state index contributed by atoms with van der Waals surface area (Å²) in [6, 6.07) is 10.1. The normalized spacial score (nSPS) is 10.5. The smallest absolute Gasteiger partial charge is 0.274 e. The van der Waals surface area contributed by atoms with Gasteiger partial charge in [0.1, 0.15) is 17.1 Å². The van der Waals surface area contributed by atoms with Crippen LogP contribution in [0.15, 0.2) is 48.9 Å². The Hall–Kier alpha value is -3.32. The van der Waals surface area contributed by atoms with Crippen molar-refractivity contribution in [2.45, 2.75) is 19.8 Å². The molecule has 0 atom stereocenters. The van der Waals surface area contributed by atoms with Gasteiger partial charge in [0, 0.05) is 24.7 Å². The first-order chi connectivity index (χ1) is 13.5. The number of hydrogen-bond donors (Lipinski definition) is 2. The molecule has 2 N–H and O–H groups in total. The summed E-state index contributed by atoms with van der Waals surface area (Å²) in [4.78, 5) is 47.2. The highest BCUT2D eigenvalue weighted by atomic mass is 35.5. The molecule has 3 rings (SSSR count). The third kappa shape index (κ3) is 4.32. The number of halogens is 1. The molecule has 0 unspecified atom stereocenters. The zero-order valence-corrected chi connectivity index (χ0v) is 15.8. The van der Waals surface area contributed by atoms with Crippen molar-refractivity contribution in [2.24, 2.45) is 0 Å². The van der Waals surface area contributed by atoms with Gasteiger partial charge in [0.15, 0.2) is 11.6 Å². The summed E-state index contributed by atoms with van der Waals surface area (Å²) < 4.78 is 0. The molecule has 0 bridgehead atoms. The Morgan fingerprint density at radius 1 is 1.04 bits per heavy atom. The van der Waals surface area contributed by atoms with Crippen molar-refractivity contribution in [1.29, 1.82) is 0 Å². The van der Waals surface area contributed by atoms with E-state index < -0.39 is 5.91 Å². The molecule has 8 heteroatoms. The van der Waals surface area contributed by atoms with E-state index in [1.165, 1.54) is 12.5 Å². The van der Waals surface area contributed by atoms with Gasteiger partial charge in [-0.15, -0.1) is 0 Å². The van der Waals surface area contributed by atoms with E-state index in [-0.39, 0.29) is 41.5 Å². The van der Waals surface area contributed by atoms with Gasteiger partial charge in [0.2, 0.25) is 0 Å². The summed E-state index contributed by atoms with van der Waals surface area (Å²) in [5.41, 5.74) is 1.76. The summed E-state index contributed by atoms with van der Waals surface area (Å²) in [6.45, 7) is 1.71. The number of nitrogens with zero attached hydrogens (tertiary/aromatic N) is 2. The molecule has 0 spiro atoms. The molecule has 0 saturated heterocycles. The van der Waals surface area contributed by atoms with Crippen LogP contribution < -0.4 is 5.32 Å². The zero-order chi connectivity index (χ0) is 20.1. The Morgan fingerprint density at radius 2 is 1.79 bits per heavy atom. The molecule has 0 radical (unpaired) electrons. The van der Waals surface area contributed by atoms with Gasteiger partial charge in [-0.05, 0) is 29.8 Å². The maximum atomic E-state index is 12.4. The molecule has 7 nitrogen and oxygen atoms in total. The summed E-state index contributed by atoms with van der Waals surface area (Å²) >= 11 is 6.00. The molecule has 1 amide bonds. The first-order valence-electron chi connectivity index (χ1n) is 8.60. The molecule has 0 saturated carbocycles. The molecule has 2 heterocycles. The third-order valence-corrected chi connectivity index (χ3v) is 4.36. The number of Topliss-reactive ketones (excluding diaryl/α,β-unsaturated/α-hetero) is 2. The molecule has 2 aromatic heterocycles. The van der Waals surface area contributed by atoms with Crippen LogP contribution in [-0.2, 0) is 6.42 Å². The van der Waals surface area contributed by atoms with Crippen LogP contribution in [0.25, 0.3) is 0 Å². The highest BCUT2D eigenvalue weighted by Crippen LogP contribution is 2.17. The second kappa shape index (κ2) is 8.58. The first-order valence-corrected chi connectivity index (χ1v) is 8.98. The average molecular weight is 397 g/mol. The van der Waals surface area contributed by atoms with Gasteiger partial charge in [-0.1, -0.05) is 30.7 Å². The zero-order valence-electron chi connectivity index (χ0n) is 15.0. The minimum absolute atomic E-state index is 0.120. The van der Waals surface area contributed by atoms with Crippen molar-refractivity contribution < 1.29 is 14.4 Å². The van der Waals surface area contributed by atoms with Crippen LogP contribution in [0.1, 0.15) is 50.4 Å². The van der Waals surface area contributed by atoms with Gasteiger partial charge in [0.05, 0.1) is 11.3 Å². The van der Waals surface area contributed by atoms with Gasteiger partial charge in [-0.25, -0.2) is 4.98 Å². The van der Waals surface area contributed by atoms with Gasteiger partial charge in [-0.3, -0.25) is 19.4 Å². The number of hydrogen-bond acceptors (Lipinski definition) is 5. The van der Waals surface area contributed by atoms with E-state index in [2.05, 4.69) is 20.3 Å². The van der Waals surface area contributed by atoms with Crippen LogP contribution in [0.5, 0.6) is 0 Å². The average Bonchev–Trinajstić information content (AvgIpc) is 3.19. The van der Waals surface area contributed by atoms with E-state index in [1.54, 1.807) is 43.3 Å². The number of pyridine rings is 1. The molecule has 0 aliphatic heterocycles. The Kier molecular flexibility index (Phi) is 5.96. The Bertz CT molecular complexity index is 1030. The van der Waals surface area contributed by atoms with Crippen molar-refractivity contribution >= 4 is 34.8 Å². The van der Waals surface area contributed by atoms with E-state index in [1.807, 2.05) is 0 Å². The number of ketones is 2. The van der Waals surface area contributed by atoms with Crippen molar-refractivity contribution in [1.82, 2.24) is 15.0 Å². The second-order valence-electron chi connectivity index (χ2n) is 5.99. The highest BCUT2D eigenvalue weighted by molar-refractivity contribution is 6.33. The number of carbonyl (C=O) groups is 3. The molecule has 0 aliphatic carbocycles. The molecule has 3 aromatic rings. The molecule has 0 fully saturated rings. The number of aromatic amines is 1. The Balaban J connectivity index is 1.67. The topological polar surface area (TPSA) is 105 Å². The van der Waals surface area contributed by atoms with E-state index >= 15 is 0 Å². The molecular formula is C20H17ClN4O3. The SMILES string of the molecule is CCC(=O)c1nc[nH]c1C(=O)Nc1ccc(CC(=O)c2ncccc2Cl)cc1. The summed E-state index contributed by atoms with van der Waals surface area (Å²) in [6.07, 6.45) is 3.23. The molecule has 0 aliphatic rings. The Morgan fingerprint density at radius 3 is 2.46 bits per heavy atom. The lowest BCUT2D eigenvalue weighted by molar-refractivity contribution is 0.0963. The van der Waals surface area contributed by atoms with E-state index in [4.69, 9.17) is 11.6 Å². The lowest BCUT2D eigenvalue weighted by Gasteiger charge is -2.07.